The summed E-state index contributed by atoms with van der Waals surface area (Å²) in [5.74, 6) is 1.56. The fraction of sp³-hybridized carbons (Fsp3) is 0.250. The van der Waals surface area contributed by atoms with Crippen LogP contribution in [-0.4, -0.2) is 41.8 Å². The molecule has 1 aliphatic heterocycles. The van der Waals surface area contributed by atoms with Gasteiger partial charge in [0.2, 0.25) is 10.0 Å². The molecule has 1 aliphatic rings. The molecule has 3 aromatic rings. The summed E-state index contributed by atoms with van der Waals surface area (Å²) < 4.78 is 32.6. The smallest absolute Gasteiger partial charge is 0.211 e. The second-order valence-corrected chi connectivity index (χ2v) is 8.67. The second kappa shape index (κ2) is 7.17. The van der Waals surface area contributed by atoms with Crippen LogP contribution in [0.1, 0.15) is 12.5 Å². The van der Waals surface area contributed by atoms with Crippen molar-refractivity contribution >= 4 is 10.0 Å². The van der Waals surface area contributed by atoms with Crippen LogP contribution in [-0.2, 0) is 10.0 Å². The maximum absolute atomic E-state index is 11.7. The molecule has 0 saturated carbocycles. The van der Waals surface area contributed by atoms with E-state index in [1.165, 1.54) is 10.6 Å². The Morgan fingerprint density at radius 1 is 1.00 bits per heavy atom. The van der Waals surface area contributed by atoms with Crippen molar-refractivity contribution in [3.05, 3.63) is 66.9 Å². The van der Waals surface area contributed by atoms with Crippen molar-refractivity contribution in [3.63, 3.8) is 0 Å². The summed E-state index contributed by atoms with van der Waals surface area (Å²) in [6, 6.07) is 19.5. The first-order chi connectivity index (χ1) is 13.0. The number of rotatable bonds is 5. The van der Waals surface area contributed by atoms with E-state index in [1.54, 1.807) is 0 Å². The van der Waals surface area contributed by atoms with Gasteiger partial charge in [-0.2, -0.15) is 9.40 Å². The minimum absolute atomic E-state index is 0.0779. The maximum atomic E-state index is 11.7. The highest BCUT2D eigenvalue weighted by atomic mass is 32.2. The molecule has 0 amide bonds. The van der Waals surface area contributed by atoms with E-state index in [-0.39, 0.29) is 6.04 Å². The second-order valence-electron chi connectivity index (χ2n) is 6.68. The van der Waals surface area contributed by atoms with E-state index in [0.29, 0.717) is 13.1 Å². The summed E-state index contributed by atoms with van der Waals surface area (Å²) in [6.07, 6.45) is 3.95. The molecule has 4 rings (SSSR count). The lowest BCUT2D eigenvalue weighted by Gasteiger charge is -2.13. The first-order valence-corrected chi connectivity index (χ1v) is 10.7. The number of nitrogens with zero attached hydrogens (tertiary/aromatic N) is 3. The van der Waals surface area contributed by atoms with Crippen molar-refractivity contribution in [2.24, 2.45) is 0 Å². The zero-order valence-corrected chi connectivity index (χ0v) is 15.8. The van der Waals surface area contributed by atoms with E-state index in [0.717, 1.165) is 29.2 Å². The highest BCUT2D eigenvalue weighted by Gasteiger charge is 2.30. The van der Waals surface area contributed by atoms with E-state index < -0.39 is 10.0 Å². The molecule has 0 unspecified atom stereocenters. The van der Waals surface area contributed by atoms with Crippen molar-refractivity contribution < 1.29 is 13.2 Å². The molecule has 1 aromatic heterocycles. The fourth-order valence-corrected chi connectivity index (χ4v) is 4.12. The van der Waals surface area contributed by atoms with Gasteiger partial charge in [0, 0.05) is 24.8 Å². The summed E-state index contributed by atoms with van der Waals surface area (Å²) in [5.41, 5.74) is 1.85. The van der Waals surface area contributed by atoms with Crippen molar-refractivity contribution in [2.45, 2.75) is 12.5 Å². The van der Waals surface area contributed by atoms with Crippen LogP contribution in [0.5, 0.6) is 11.5 Å². The molecule has 7 heteroatoms. The van der Waals surface area contributed by atoms with Crippen LogP contribution in [0.2, 0.25) is 0 Å². The van der Waals surface area contributed by atoms with Gasteiger partial charge in [0.25, 0.3) is 0 Å². The Balaban J connectivity index is 1.46. The normalized spacial score (nSPS) is 17.9. The monoisotopic (exact) mass is 383 g/mol. The molecule has 0 radical (unpaired) electrons. The Morgan fingerprint density at radius 3 is 2.37 bits per heavy atom. The Labute approximate surface area is 159 Å². The molecule has 0 N–H and O–H groups in total. The molecular weight excluding hydrogens is 362 g/mol. The van der Waals surface area contributed by atoms with Gasteiger partial charge >= 0.3 is 0 Å². The Morgan fingerprint density at radius 2 is 1.70 bits per heavy atom. The average Bonchev–Trinajstić information content (AvgIpc) is 3.32. The average molecular weight is 383 g/mol. The summed E-state index contributed by atoms with van der Waals surface area (Å²) in [6.45, 7) is 1.02. The zero-order valence-electron chi connectivity index (χ0n) is 15.0. The van der Waals surface area contributed by atoms with Crippen LogP contribution in [0.25, 0.3) is 11.3 Å². The highest BCUT2D eigenvalue weighted by molar-refractivity contribution is 7.88. The highest BCUT2D eigenvalue weighted by Crippen LogP contribution is 2.27. The van der Waals surface area contributed by atoms with E-state index in [1.807, 2.05) is 71.5 Å². The SMILES string of the molecule is CS(=O)(=O)N1CC[C@@H](n2ccc(-c3ccc(Oc4ccccc4)cc3)n2)C1. The molecule has 140 valence electrons. The summed E-state index contributed by atoms with van der Waals surface area (Å²) in [4.78, 5) is 0. The van der Waals surface area contributed by atoms with E-state index in [4.69, 9.17) is 4.74 Å². The maximum Gasteiger partial charge on any atom is 0.211 e. The van der Waals surface area contributed by atoms with E-state index in [2.05, 4.69) is 5.10 Å². The van der Waals surface area contributed by atoms with E-state index in [9.17, 15) is 8.42 Å². The van der Waals surface area contributed by atoms with Gasteiger partial charge in [-0.05, 0) is 48.9 Å². The Kier molecular flexibility index (Phi) is 4.72. The molecule has 0 aliphatic carbocycles. The Hall–Kier alpha value is -2.64. The number of benzene rings is 2. The number of ether oxygens (including phenoxy) is 1. The largest absolute Gasteiger partial charge is 0.457 e. The van der Waals surface area contributed by atoms with Gasteiger partial charge in [-0.1, -0.05) is 18.2 Å². The first-order valence-electron chi connectivity index (χ1n) is 8.83. The number of aromatic nitrogens is 2. The molecule has 2 aromatic carbocycles. The number of para-hydroxylation sites is 1. The molecular formula is C20H21N3O3S. The Bertz CT molecular complexity index is 1010. The molecule has 27 heavy (non-hydrogen) atoms. The summed E-state index contributed by atoms with van der Waals surface area (Å²) >= 11 is 0. The third-order valence-electron chi connectivity index (χ3n) is 4.71. The standard InChI is InChI=1S/C20H21N3O3S/c1-27(24,25)22-13-11-17(15-22)23-14-12-20(21-23)16-7-9-19(10-8-16)26-18-5-3-2-4-6-18/h2-10,12,14,17H,11,13,15H2,1H3/t17-/m1/s1. The predicted molar refractivity (Wildman–Crippen MR) is 104 cm³/mol. The van der Waals surface area contributed by atoms with Crippen LogP contribution >= 0.6 is 0 Å². The molecule has 1 atom stereocenters. The lowest BCUT2D eigenvalue weighted by Crippen LogP contribution is -2.28. The van der Waals surface area contributed by atoms with Crippen LogP contribution < -0.4 is 4.74 Å². The van der Waals surface area contributed by atoms with Gasteiger partial charge in [0.05, 0.1) is 18.0 Å². The molecule has 6 nitrogen and oxygen atoms in total. The lowest BCUT2D eigenvalue weighted by molar-refractivity contribution is 0.438. The van der Waals surface area contributed by atoms with Gasteiger partial charge in [-0.15, -0.1) is 0 Å². The zero-order chi connectivity index (χ0) is 18.9. The van der Waals surface area contributed by atoms with E-state index >= 15 is 0 Å². The third-order valence-corrected chi connectivity index (χ3v) is 5.98. The summed E-state index contributed by atoms with van der Waals surface area (Å²) in [7, 11) is -3.14. The van der Waals surface area contributed by atoms with Gasteiger partial charge < -0.3 is 4.74 Å². The molecule has 1 saturated heterocycles. The van der Waals surface area contributed by atoms with Crippen LogP contribution in [0.3, 0.4) is 0 Å². The minimum atomic E-state index is -3.14. The first kappa shape index (κ1) is 17.8. The van der Waals surface area contributed by atoms with Crippen molar-refractivity contribution in [3.8, 4) is 22.8 Å². The van der Waals surface area contributed by atoms with Crippen molar-refractivity contribution in [1.29, 1.82) is 0 Å². The van der Waals surface area contributed by atoms with Gasteiger partial charge in [0.1, 0.15) is 11.5 Å². The quantitative estimate of drug-likeness (QED) is 0.676. The van der Waals surface area contributed by atoms with Gasteiger partial charge in [0.15, 0.2) is 0 Å². The van der Waals surface area contributed by atoms with Gasteiger partial charge in [-0.3, -0.25) is 4.68 Å². The molecule has 1 fully saturated rings. The number of hydrogen-bond donors (Lipinski definition) is 0. The topological polar surface area (TPSA) is 64.4 Å². The van der Waals surface area contributed by atoms with Gasteiger partial charge in [-0.25, -0.2) is 8.42 Å². The van der Waals surface area contributed by atoms with Crippen molar-refractivity contribution in [2.75, 3.05) is 19.3 Å². The molecule has 0 spiro atoms. The number of sulfonamides is 1. The fourth-order valence-electron chi connectivity index (χ4n) is 3.24. The summed E-state index contributed by atoms with van der Waals surface area (Å²) in [5, 5.41) is 4.65. The lowest BCUT2D eigenvalue weighted by atomic mass is 10.1. The van der Waals surface area contributed by atoms with Crippen molar-refractivity contribution in [1.82, 2.24) is 14.1 Å². The number of hydrogen-bond acceptors (Lipinski definition) is 4. The van der Waals surface area contributed by atoms with Crippen LogP contribution in [0.4, 0.5) is 0 Å². The van der Waals surface area contributed by atoms with Crippen LogP contribution in [0.15, 0.2) is 66.9 Å². The predicted octanol–water partition coefficient (Wildman–Crippen LogP) is 3.55. The molecule has 2 heterocycles. The molecule has 0 bridgehead atoms. The van der Waals surface area contributed by atoms with Crippen LogP contribution in [0, 0.1) is 0 Å². The minimum Gasteiger partial charge on any atom is -0.457 e. The third kappa shape index (κ3) is 4.04.